The van der Waals surface area contributed by atoms with Crippen molar-refractivity contribution >= 4 is 34.1 Å². The highest BCUT2D eigenvalue weighted by molar-refractivity contribution is 7.91. The van der Waals surface area contributed by atoms with Crippen LogP contribution in [0.1, 0.15) is 50.3 Å². The monoisotopic (exact) mass is 603 g/mol. The third-order valence-corrected chi connectivity index (χ3v) is 7.93. The zero-order valence-corrected chi connectivity index (χ0v) is 24.7. The van der Waals surface area contributed by atoms with Crippen LogP contribution in [0.15, 0.2) is 42.5 Å². The van der Waals surface area contributed by atoms with Gasteiger partial charge in [-0.15, -0.1) is 12.4 Å². The average molecular weight is 604 g/mol. The molecule has 0 saturated carbocycles. The summed E-state index contributed by atoms with van der Waals surface area (Å²) in [5.41, 5.74) is 2.35. The summed E-state index contributed by atoms with van der Waals surface area (Å²) in [5.74, 6) is -3.77. The molecule has 8 nitrogen and oxygen atoms in total. The molecule has 0 aliphatic carbocycles. The number of sulfone groups is 1. The molecular weight excluding hydrogens is 564 g/mol. The number of nitrogens with one attached hydrogen (secondary N) is 3. The van der Waals surface area contributed by atoms with Crippen LogP contribution in [0.4, 0.5) is 8.78 Å². The normalized spacial score (nSPS) is 13.6. The van der Waals surface area contributed by atoms with Crippen LogP contribution in [0.3, 0.4) is 0 Å². The van der Waals surface area contributed by atoms with E-state index in [1.807, 2.05) is 38.1 Å². The van der Waals surface area contributed by atoms with Gasteiger partial charge in [0.1, 0.15) is 17.7 Å². The highest BCUT2D eigenvalue weighted by Gasteiger charge is 2.30. The molecule has 2 rings (SSSR count). The van der Waals surface area contributed by atoms with Crippen molar-refractivity contribution in [2.75, 3.05) is 18.1 Å². The molecule has 224 valence electrons. The van der Waals surface area contributed by atoms with E-state index < -0.39 is 57.2 Å². The maximum absolute atomic E-state index is 13.8. The molecule has 40 heavy (non-hydrogen) atoms. The smallest absolute Gasteiger partial charge is 0.243 e. The first kappa shape index (κ1) is 35.4. The van der Waals surface area contributed by atoms with E-state index in [-0.39, 0.29) is 36.7 Å². The number of rotatable bonds is 16. The quantitative estimate of drug-likeness (QED) is 0.234. The summed E-state index contributed by atoms with van der Waals surface area (Å²) in [7, 11) is -3.66. The van der Waals surface area contributed by atoms with E-state index in [0.29, 0.717) is 25.5 Å². The number of benzene rings is 2. The predicted molar refractivity (Wildman–Crippen MR) is 154 cm³/mol. The van der Waals surface area contributed by atoms with Crippen LogP contribution in [0.5, 0.6) is 0 Å². The predicted octanol–water partition coefficient (Wildman–Crippen LogP) is 2.85. The van der Waals surface area contributed by atoms with Gasteiger partial charge in [-0.3, -0.25) is 9.59 Å². The number of unbranched alkanes of at least 4 members (excludes halogenated alkanes) is 1. The van der Waals surface area contributed by atoms with Gasteiger partial charge in [0.15, 0.2) is 9.84 Å². The lowest BCUT2D eigenvalue weighted by Gasteiger charge is -2.27. The molecule has 2 amide bonds. The molecule has 0 bridgehead atoms. The Morgan fingerprint density at radius 2 is 1.62 bits per heavy atom. The Balaban J connectivity index is 0.00000800. The second-order valence-electron chi connectivity index (χ2n) is 9.69. The van der Waals surface area contributed by atoms with Gasteiger partial charge in [-0.2, -0.15) is 0 Å². The first-order chi connectivity index (χ1) is 18.4. The fourth-order valence-corrected chi connectivity index (χ4v) is 5.78. The molecule has 2 aromatic rings. The maximum Gasteiger partial charge on any atom is 0.243 e. The van der Waals surface area contributed by atoms with Crippen LogP contribution in [-0.4, -0.2) is 61.6 Å². The molecule has 0 saturated heterocycles. The van der Waals surface area contributed by atoms with Crippen molar-refractivity contribution in [3.63, 3.8) is 0 Å². The van der Waals surface area contributed by atoms with Gasteiger partial charge < -0.3 is 21.1 Å². The Kier molecular flexibility index (Phi) is 15.3. The van der Waals surface area contributed by atoms with Crippen LogP contribution in [0.2, 0.25) is 0 Å². The van der Waals surface area contributed by atoms with Crippen molar-refractivity contribution in [2.45, 2.75) is 71.2 Å². The van der Waals surface area contributed by atoms with Crippen molar-refractivity contribution in [1.29, 1.82) is 0 Å². The molecule has 12 heteroatoms. The van der Waals surface area contributed by atoms with Crippen molar-refractivity contribution < 1.29 is 31.9 Å². The summed E-state index contributed by atoms with van der Waals surface area (Å²) >= 11 is 0. The number of carbonyl (C=O) groups is 2. The third-order valence-electron chi connectivity index (χ3n) is 6.18. The van der Waals surface area contributed by atoms with Gasteiger partial charge in [0.05, 0.1) is 23.7 Å². The van der Waals surface area contributed by atoms with E-state index in [9.17, 15) is 31.9 Å². The molecule has 2 aromatic carbocycles. The summed E-state index contributed by atoms with van der Waals surface area (Å²) in [4.78, 5) is 24.9. The molecule has 0 aromatic heterocycles. The van der Waals surface area contributed by atoms with E-state index in [1.165, 1.54) is 0 Å². The molecule has 0 aliphatic rings. The lowest BCUT2D eigenvalue weighted by Crippen LogP contribution is -2.56. The molecule has 0 aliphatic heterocycles. The van der Waals surface area contributed by atoms with Crippen LogP contribution >= 0.6 is 12.4 Å². The number of hydrogen-bond acceptors (Lipinski definition) is 6. The van der Waals surface area contributed by atoms with Crippen LogP contribution < -0.4 is 16.0 Å². The zero-order valence-electron chi connectivity index (χ0n) is 23.1. The Labute approximate surface area is 241 Å². The van der Waals surface area contributed by atoms with Crippen molar-refractivity contribution in [3.05, 3.63) is 70.8 Å². The Morgan fingerprint density at radius 3 is 2.23 bits per heavy atom. The van der Waals surface area contributed by atoms with Crippen LogP contribution in [-0.2, 0) is 38.8 Å². The molecule has 0 fully saturated rings. The molecule has 0 spiro atoms. The SMILES string of the molecule is CCCCS(=O)(=O)C[C@@H](NC(C)=O)C(=O)N[C@@H](Cc1cc(F)cc(F)c1)[C@H](O)CNCc1cccc(CC)c1.Cl. The summed E-state index contributed by atoms with van der Waals surface area (Å²) in [6, 6.07) is 8.39. The summed E-state index contributed by atoms with van der Waals surface area (Å²) in [6.07, 6.45) is 0.590. The van der Waals surface area contributed by atoms with E-state index in [2.05, 4.69) is 16.0 Å². The minimum atomic E-state index is -3.66. The standard InChI is InChI=1S/C28H39F2N3O5S.ClH/c1-4-6-10-39(37,38)18-26(32-19(3)34)28(36)33-25(14-22-12-23(29)15-24(30)13-22)27(35)17-31-16-21-9-7-8-20(5-2)11-21;/h7-9,11-13,15,25-27,31,35H,4-6,10,14,16-18H2,1-3H3,(H,32,34)(H,33,36);1H/t25-,26+,27+;/m0./s1. The van der Waals surface area contributed by atoms with Crippen LogP contribution in [0, 0.1) is 11.6 Å². The second kappa shape index (κ2) is 17.3. The fraction of sp³-hybridized carbons (Fsp3) is 0.500. The van der Waals surface area contributed by atoms with Gasteiger partial charge >= 0.3 is 0 Å². The van der Waals surface area contributed by atoms with Gasteiger partial charge in [-0.1, -0.05) is 44.5 Å². The van der Waals surface area contributed by atoms with Gasteiger partial charge in [-0.05, 0) is 48.1 Å². The lowest BCUT2D eigenvalue weighted by molar-refractivity contribution is -0.128. The topological polar surface area (TPSA) is 125 Å². The summed E-state index contributed by atoms with van der Waals surface area (Å²) < 4.78 is 52.7. The molecular formula is C28H40ClF2N3O5S. The molecule has 0 radical (unpaired) electrons. The number of halogens is 3. The first-order valence-electron chi connectivity index (χ1n) is 13.1. The van der Waals surface area contributed by atoms with Gasteiger partial charge in [-0.25, -0.2) is 17.2 Å². The first-order valence-corrected chi connectivity index (χ1v) is 14.9. The van der Waals surface area contributed by atoms with E-state index in [0.717, 1.165) is 36.6 Å². The molecule has 4 N–H and O–H groups in total. The summed E-state index contributed by atoms with van der Waals surface area (Å²) in [6.45, 7) is 5.51. The second-order valence-corrected chi connectivity index (χ2v) is 11.9. The Hall–Kier alpha value is -2.60. The third kappa shape index (κ3) is 12.7. The lowest BCUT2D eigenvalue weighted by atomic mass is 10.00. The largest absolute Gasteiger partial charge is 0.390 e. The summed E-state index contributed by atoms with van der Waals surface area (Å²) in [5, 5.41) is 19.1. The molecule has 0 unspecified atom stereocenters. The minimum absolute atomic E-state index is 0. The van der Waals surface area contributed by atoms with Crippen LogP contribution in [0.25, 0.3) is 0 Å². The fourth-order valence-electron chi connectivity index (χ4n) is 4.15. The number of hydrogen-bond donors (Lipinski definition) is 4. The minimum Gasteiger partial charge on any atom is -0.390 e. The van der Waals surface area contributed by atoms with E-state index in [4.69, 9.17) is 0 Å². The molecule has 3 atom stereocenters. The number of aliphatic hydroxyl groups is 1. The van der Waals surface area contributed by atoms with E-state index >= 15 is 0 Å². The number of amides is 2. The highest BCUT2D eigenvalue weighted by atomic mass is 35.5. The number of aliphatic hydroxyl groups excluding tert-OH is 1. The van der Waals surface area contributed by atoms with E-state index in [1.54, 1.807) is 0 Å². The Bertz CT molecular complexity index is 1200. The van der Waals surface area contributed by atoms with Gasteiger partial charge in [0, 0.05) is 26.1 Å². The van der Waals surface area contributed by atoms with Gasteiger partial charge in [0.25, 0.3) is 0 Å². The molecule has 0 heterocycles. The maximum atomic E-state index is 13.8. The van der Waals surface area contributed by atoms with Crippen molar-refractivity contribution in [2.24, 2.45) is 0 Å². The van der Waals surface area contributed by atoms with Crippen molar-refractivity contribution in [3.8, 4) is 0 Å². The van der Waals surface area contributed by atoms with Crippen molar-refractivity contribution in [1.82, 2.24) is 16.0 Å². The highest BCUT2D eigenvalue weighted by Crippen LogP contribution is 2.13. The Morgan fingerprint density at radius 1 is 0.975 bits per heavy atom. The zero-order chi connectivity index (χ0) is 29.0. The number of carbonyl (C=O) groups excluding carboxylic acids is 2. The van der Waals surface area contributed by atoms with Gasteiger partial charge in [0.2, 0.25) is 11.8 Å². The number of aryl methyl sites for hydroxylation is 1. The average Bonchev–Trinajstić information content (AvgIpc) is 2.85.